The zero-order chi connectivity index (χ0) is 14.1. The fourth-order valence-electron chi connectivity index (χ4n) is 4.50. The summed E-state index contributed by atoms with van der Waals surface area (Å²) >= 11 is 2.02. The number of nitrogens with zero attached hydrogens (tertiary/aromatic N) is 1. The van der Waals surface area contributed by atoms with Crippen molar-refractivity contribution < 1.29 is 0 Å². The average Bonchev–Trinajstić information content (AvgIpc) is 3.01. The van der Waals surface area contributed by atoms with E-state index >= 15 is 0 Å². The Morgan fingerprint density at radius 2 is 1.57 bits per heavy atom. The largest absolute Gasteiger partial charge is 0.293 e. The highest BCUT2D eigenvalue weighted by atomic mass is 32.1. The second kappa shape index (κ2) is 5.73. The third-order valence-electron chi connectivity index (χ3n) is 5.57. The SMILES string of the molecule is c1ccc2c(C3(N4CCCCC4)CCCCC3)scc2c1. The minimum atomic E-state index is 0.354. The number of fused-ring (bicyclic) bond motifs is 1. The van der Waals surface area contributed by atoms with Gasteiger partial charge in [-0.15, -0.1) is 11.3 Å². The van der Waals surface area contributed by atoms with E-state index in [9.17, 15) is 0 Å². The Balaban J connectivity index is 1.81. The van der Waals surface area contributed by atoms with Gasteiger partial charge in [0.1, 0.15) is 0 Å². The van der Waals surface area contributed by atoms with Gasteiger partial charge in [0.2, 0.25) is 0 Å². The van der Waals surface area contributed by atoms with Crippen LogP contribution in [0.25, 0.3) is 10.8 Å². The second-order valence-corrected chi connectivity index (χ2v) is 7.67. The minimum absolute atomic E-state index is 0.354. The van der Waals surface area contributed by atoms with E-state index in [1.165, 1.54) is 75.2 Å². The zero-order valence-electron chi connectivity index (χ0n) is 12.8. The summed E-state index contributed by atoms with van der Waals surface area (Å²) < 4.78 is 0. The van der Waals surface area contributed by atoms with Crippen molar-refractivity contribution in [2.75, 3.05) is 13.1 Å². The summed E-state index contributed by atoms with van der Waals surface area (Å²) in [6.07, 6.45) is 11.2. The highest BCUT2D eigenvalue weighted by Gasteiger charge is 2.41. The predicted octanol–water partition coefficient (Wildman–Crippen LogP) is 5.55. The third-order valence-corrected chi connectivity index (χ3v) is 6.78. The van der Waals surface area contributed by atoms with Crippen molar-refractivity contribution >= 4 is 22.1 Å². The van der Waals surface area contributed by atoms with Gasteiger partial charge in [0.05, 0.1) is 5.54 Å². The Hall–Kier alpha value is -0.860. The molecule has 21 heavy (non-hydrogen) atoms. The molecule has 0 amide bonds. The molecule has 1 aromatic carbocycles. The third kappa shape index (κ3) is 2.33. The maximum absolute atomic E-state index is 2.86. The molecule has 0 radical (unpaired) electrons. The van der Waals surface area contributed by atoms with Gasteiger partial charge in [-0.2, -0.15) is 0 Å². The molecule has 0 N–H and O–H groups in total. The van der Waals surface area contributed by atoms with Crippen LogP contribution in [0.15, 0.2) is 29.6 Å². The summed E-state index contributed by atoms with van der Waals surface area (Å²) in [4.78, 5) is 4.52. The van der Waals surface area contributed by atoms with Gasteiger partial charge in [0, 0.05) is 4.88 Å². The van der Waals surface area contributed by atoms with E-state index in [1.807, 2.05) is 11.3 Å². The van der Waals surface area contributed by atoms with E-state index in [2.05, 4.69) is 34.5 Å². The Labute approximate surface area is 132 Å². The summed E-state index contributed by atoms with van der Waals surface area (Å²) in [5.74, 6) is 0. The van der Waals surface area contributed by atoms with E-state index in [-0.39, 0.29) is 0 Å². The summed E-state index contributed by atoms with van der Waals surface area (Å²) in [5, 5.41) is 5.35. The van der Waals surface area contributed by atoms with Gasteiger partial charge in [-0.25, -0.2) is 0 Å². The average molecular weight is 299 g/mol. The highest BCUT2D eigenvalue weighted by Crippen LogP contribution is 2.48. The first-order valence-electron chi connectivity index (χ1n) is 8.62. The zero-order valence-corrected chi connectivity index (χ0v) is 13.6. The molecule has 1 aliphatic carbocycles. The molecule has 0 unspecified atom stereocenters. The summed E-state index contributed by atoms with van der Waals surface area (Å²) in [7, 11) is 0. The van der Waals surface area contributed by atoms with Gasteiger partial charge in [0.15, 0.2) is 0 Å². The molecule has 2 aliphatic rings. The van der Waals surface area contributed by atoms with Crippen LogP contribution in [-0.2, 0) is 5.54 Å². The van der Waals surface area contributed by atoms with E-state index in [0.717, 1.165) is 0 Å². The lowest BCUT2D eigenvalue weighted by Crippen LogP contribution is -2.49. The standard InChI is InChI=1S/C19H25NS/c1-5-11-19(12-6-1,20-13-7-2-8-14-20)18-17-10-4-3-9-16(17)15-21-18/h3-4,9-10,15H,1-2,5-8,11-14H2. The lowest BCUT2D eigenvalue weighted by atomic mass is 9.77. The van der Waals surface area contributed by atoms with Crippen LogP contribution in [0.5, 0.6) is 0 Å². The van der Waals surface area contributed by atoms with Crippen molar-refractivity contribution in [1.29, 1.82) is 0 Å². The van der Waals surface area contributed by atoms with Crippen LogP contribution in [-0.4, -0.2) is 18.0 Å². The van der Waals surface area contributed by atoms with E-state index in [1.54, 1.807) is 4.88 Å². The molecule has 2 heteroatoms. The Kier molecular flexibility index (Phi) is 3.76. The molecule has 2 fully saturated rings. The van der Waals surface area contributed by atoms with E-state index < -0.39 is 0 Å². The van der Waals surface area contributed by atoms with E-state index in [0.29, 0.717) is 5.54 Å². The smallest absolute Gasteiger partial charge is 0.0559 e. The van der Waals surface area contributed by atoms with Crippen LogP contribution in [0, 0.1) is 0 Å². The molecule has 1 aliphatic heterocycles. The molecule has 112 valence electrons. The number of hydrogen-bond acceptors (Lipinski definition) is 2. The van der Waals surface area contributed by atoms with Gasteiger partial charge < -0.3 is 0 Å². The number of thiophene rings is 1. The number of likely N-dealkylation sites (tertiary alicyclic amines) is 1. The first-order chi connectivity index (χ1) is 10.4. The topological polar surface area (TPSA) is 3.24 Å². The number of hydrogen-bond donors (Lipinski definition) is 0. The molecular weight excluding hydrogens is 274 g/mol. The minimum Gasteiger partial charge on any atom is -0.293 e. The van der Waals surface area contributed by atoms with Crippen molar-refractivity contribution in [3.8, 4) is 0 Å². The Bertz CT molecular complexity index is 603. The summed E-state index contributed by atoms with van der Waals surface area (Å²) in [6, 6.07) is 9.02. The van der Waals surface area contributed by atoms with Crippen molar-refractivity contribution in [1.82, 2.24) is 4.90 Å². The number of rotatable bonds is 2. The Morgan fingerprint density at radius 3 is 2.38 bits per heavy atom. The van der Waals surface area contributed by atoms with Gasteiger partial charge in [-0.3, -0.25) is 4.90 Å². The van der Waals surface area contributed by atoms with Crippen molar-refractivity contribution in [3.05, 3.63) is 34.5 Å². The number of benzene rings is 1. The van der Waals surface area contributed by atoms with Crippen molar-refractivity contribution in [3.63, 3.8) is 0 Å². The molecule has 2 heterocycles. The summed E-state index contributed by atoms with van der Waals surface area (Å²) in [6.45, 7) is 2.62. The molecule has 1 saturated heterocycles. The maximum atomic E-state index is 2.86. The first kappa shape index (κ1) is 13.8. The molecule has 1 nitrogen and oxygen atoms in total. The normalized spacial score (nSPS) is 23.4. The highest BCUT2D eigenvalue weighted by molar-refractivity contribution is 7.11. The molecule has 2 aromatic rings. The Morgan fingerprint density at radius 1 is 0.857 bits per heavy atom. The molecule has 0 atom stereocenters. The van der Waals surface area contributed by atoms with Crippen molar-refractivity contribution in [2.45, 2.75) is 56.9 Å². The quantitative estimate of drug-likeness (QED) is 0.703. The van der Waals surface area contributed by atoms with Crippen LogP contribution in [0.3, 0.4) is 0 Å². The number of piperidine rings is 1. The van der Waals surface area contributed by atoms with Crippen molar-refractivity contribution in [2.24, 2.45) is 0 Å². The van der Waals surface area contributed by atoms with Gasteiger partial charge in [-0.1, -0.05) is 49.9 Å². The molecule has 1 saturated carbocycles. The predicted molar refractivity (Wildman–Crippen MR) is 92.0 cm³/mol. The second-order valence-electron chi connectivity index (χ2n) is 6.79. The lowest BCUT2D eigenvalue weighted by Gasteiger charge is -2.48. The van der Waals surface area contributed by atoms with Gasteiger partial charge >= 0.3 is 0 Å². The lowest BCUT2D eigenvalue weighted by molar-refractivity contribution is 0.0343. The fourth-order valence-corrected chi connectivity index (χ4v) is 5.81. The molecule has 0 spiro atoms. The fraction of sp³-hybridized carbons (Fsp3) is 0.579. The van der Waals surface area contributed by atoms with Crippen LogP contribution < -0.4 is 0 Å². The van der Waals surface area contributed by atoms with Crippen LogP contribution >= 0.6 is 11.3 Å². The van der Waals surface area contributed by atoms with E-state index in [4.69, 9.17) is 0 Å². The van der Waals surface area contributed by atoms with Crippen LogP contribution in [0.2, 0.25) is 0 Å². The van der Waals surface area contributed by atoms with Gasteiger partial charge in [-0.05, 0) is 54.9 Å². The van der Waals surface area contributed by atoms with Crippen LogP contribution in [0.4, 0.5) is 0 Å². The summed E-state index contributed by atoms with van der Waals surface area (Å²) in [5.41, 5.74) is 0.354. The molecule has 4 rings (SSSR count). The molecule has 1 aromatic heterocycles. The van der Waals surface area contributed by atoms with Gasteiger partial charge in [0.25, 0.3) is 0 Å². The molecular formula is C19H25NS. The first-order valence-corrected chi connectivity index (χ1v) is 9.50. The molecule has 0 bridgehead atoms. The maximum Gasteiger partial charge on any atom is 0.0559 e. The van der Waals surface area contributed by atoms with Crippen LogP contribution in [0.1, 0.15) is 56.2 Å². The monoisotopic (exact) mass is 299 g/mol.